The van der Waals surface area contributed by atoms with Gasteiger partial charge in [0.15, 0.2) is 0 Å². The van der Waals surface area contributed by atoms with Gasteiger partial charge in [-0.3, -0.25) is 4.79 Å². The number of rotatable bonds is 3. The van der Waals surface area contributed by atoms with E-state index in [4.69, 9.17) is 4.98 Å². The summed E-state index contributed by atoms with van der Waals surface area (Å²) in [6.07, 6.45) is 0. The van der Waals surface area contributed by atoms with Crippen LogP contribution in [-0.2, 0) is 0 Å². The van der Waals surface area contributed by atoms with Gasteiger partial charge < -0.3 is 5.32 Å². The van der Waals surface area contributed by atoms with E-state index in [-0.39, 0.29) is 5.91 Å². The second-order valence-electron chi connectivity index (χ2n) is 6.81. The number of nitrogens with one attached hydrogen (secondary N) is 1. The fourth-order valence-corrected chi connectivity index (χ4v) is 3.35. The zero-order valence-corrected chi connectivity index (χ0v) is 15.7. The molecule has 0 unspecified atom stereocenters. The van der Waals surface area contributed by atoms with E-state index in [1.165, 1.54) is 12.1 Å². The fourth-order valence-electron chi connectivity index (χ4n) is 3.35. The summed E-state index contributed by atoms with van der Waals surface area (Å²) in [5, 5.41) is 3.58. The predicted octanol–water partition coefficient (Wildman–Crippen LogP) is 5.91. The molecule has 0 aliphatic heterocycles. The number of hydrogen-bond donors (Lipinski definition) is 1. The number of nitrogens with zero attached hydrogens (tertiary/aromatic N) is 1. The van der Waals surface area contributed by atoms with Crippen molar-refractivity contribution in [1.29, 1.82) is 0 Å². The van der Waals surface area contributed by atoms with Crippen LogP contribution in [0.3, 0.4) is 0 Å². The molecule has 1 N–H and O–H groups in total. The van der Waals surface area contributed by atoms with E-state index in [0.29, 0.717) is 11.3 Å². The zero-order chi connectivity index (χ0) is 19.7. The summed E-state index contributed by atoms with van der Waals surface area (Å²) in [5.41, 5.74) is 5.38. The number of anilines is 1. The van der Waals surface area contributed by atoms with Crippen molar-refractivity contribution in [1.82, 2.24) is 4.98 Å². The number of para-hydroxylation sites is 1. The van der Waals surface area contributed by atoms with Gasteiger partial charge in [0.2, 0.25) is 0 Å². The van der Waals surface area contributed by atoms with Gasteiger partial charge in [0.05, 0.1) is 16.8 Å². The molecule has 3 aromatic carbocycles. The van der Waals surface area contributed by atoms with Crippen LogP contribution >= 0.6 is 0 Å². The lowest BCUT2D eigenvalue weighted by atomic mass is 9.96. The van der Waals surface area contributed by atoms with Gasteiger partial charge in [-0.1, -0.05) is 54.1 Å². The highest BCUT2D eigenvalue weighted by atomic mass is 19.1. The molecule has 0 spiro atoms. The first-order valence-electron chi connectivity index (χ1n) is 9.06. The number of benzene rings is 3. The summed E-state index contributed by atoms with van der Waals surface area (Å²) in [7, 11) is 0. The molecular formula is C24H19FN2O. The van der Waals surface area contributed by atoms with Crippen LogP contribution < -0.4 is 5.32 Å². The van der Waals surface area contributed by atoms with Gasteiger partial charge in [-0.2, -0.15) is 0 Å². The molecule has 1 amide bonds. The Morgan fingerprint density at radius 1 is 0.929 bits per heavy atom. The lowest BCUT2D eigenvalue weighted by molar-refractivity contribution is 0.102. The standard InChI is InChI=1S/C24H19FN2O/c1-15-10-12-17(13-11-15)23-16(2)22(20-8-3-4-9-21(20)27-23)24(28)26-19-7-5-6-18(25)14-19/h3-14H,1-2H3,(H,26,28). The van der Waals surface area contributed by atoms with Crippen LogP contribution in [0.4, 0.5) is 10.1 Å². The van der Waals surface area contributed by atoms with Gasteiger partial charge in [-0.05, 0) is 43.7 Å². The quantitative estimate of drug-likeness (QED) is 0.487. The zero-order valence-electron chi connectivity index (χ0n) is 15.7. The molecule has 0 bridgehead atoms. The van der Waals surface area contributed by atoms with Crippen molar-refractivity contribution in [3.63, 3.8) is 0 Å². The Hall–Kier alpha value is -3.53. The van der Waals surface area contributed by atoms with Crippen LogP contribution in [0.15, 0.2) is 72.8 Å². The maximum atomic E-state index is 13.5. The lowest BCUT2D eigenvalue weighted by Gasteiger charge is -2.15. The Kier molecular flexibility index (Phi) is 4.62. The Bertz CT molecular complexity index is 1180. The number of aryl methyl sites for hydroxylation is 1. The molecule has 0 saturated carbocycles. The van der Waals surface area contributed by atoms with E-state index in [1.807, 2.05) is 62.4 Å². The number of carbonyl (C=O) groups excluding carboxylic acids is 1. The number of amides is 1. The number of halogens is 1. The molecule has 0 aliphatic rings. The van der Waals surface area contributed by atoms with Crippen LogP contribution in [0.5, 0.6) is 0 Å². The monoisotopic (exact) mass is 370 g/mol. The van der Waals surface area contributed by atoms with Gasteiger partial charge in [-0.25, -0.2) is 9.37 Å². The molecule has 4 rings (SSSR count). The van der Waals surface area contributed by atoms with Crippen molar-refractivity contribution >= 4 is 22.5 Å². The number of carbonyl (C=O) groups is 1. The van der Waals surface area contributed by atoms with E-state index in [1.54, 1.807) is 12.1 Å². The molecule has 0 saturated heterocycles. The van der Waals surface area contributed by atoms with Crippen LogP contribution in [0, 0.1) is 19.7 Å². The summed E-state index contributed by atoms with van der Waals surface area (Å²) in [6, 6.07) is 21.5. The second-order valence-corrected chi connectivity index (χ2v) is 6.81. The Labute approximate surface area is 162 Å². The molecular weight excluding hydrogens is 351 g/mol. The van der Waals surface area contributed by atoms with Gasteiger partial charge in [0.1, 0.15) is 5.82 Å². The summed E-state index contributed by atoms with van der Waals surface area (Å²) in [4.78, 5) is 17.9. The maximum Gasteiger partial charge on any atom is 0.256 e. The second kappa shape index (κ2) is 7.24. The summed E-state index contributed by atoms with van der Waals surface area (Å²) >= 11 is 0. The lowest BCUT2D eigenvalue weighted by Crippen LogP contribution is -2.15. The van der Waals surface area contributed by atoms with E-state index in [0.717, 1.165) is 33.3 Å². The van der Waals surface area contributed by atoms with Gasteiger partial charge in [-0.15, -0.1) is 0 Å². The molecule has 138 valence electrons. The highest BCUT2D eigenvalue weighted by Gasteiger charge is 2.19. The largest absolute Gasteiger partial charge is 0.322 e. The summed E-state index contributed by atoms with van der Waals surface area (Å²) in [6.45, 7) is 3.93. The smallest absolute Gasteiger partial charge is 0.256 e. The van der Waals surface area contributed by atoms with Gasteiger partial charge >= 0.3 is 0 Å². The molecule has 0 atom stereocenters. The molecule has 0 aliphatic carbocycles. The summed E-state index contributed by atoms with van der Waals surface area (Å²) < 4.78 is 13.5. The Balaban J connectivity index is 1.87. The first kappa shape index (κ1) is 17.9. The topological polar surface area (TPSA) is 42.0 Å². The van der Waals surface area contributed by atoms with Crippen molar-refractivity contribution < 1.29 is 9.18 Å². The van der Waals surface area contributed by atoms with Crippen molar-refractivity contribution in [3.8, 4) is 11.3 Å². The SMILES string of the molecule is Cc1ccc(-c2nc3ccccc3c(C(=O)Nc3cccc(F)c3)c2C)cc1. The molecule has 1 heterocycles. The van der Waals surface area contributed by atoms with Crippen LogP contribution in [0.25, 0.3) is 22.2 Å². The van der Waals surface area contributed by atoms with Crippen LogP contribution in [-0.4, -0.2) is 10.9 Å². The Morgan fingerprint density at radius 2 is 1.68 bits per heavy atom. The van der Waals surface area contributed by atoms with Crippen molar-refractivity contribution in [2.24, 2.45) is 0 Å². The predicted molar refractivity (Wildman–Crippen MR) is 111 cm³/mol. The molecule has 3 nitrogen and oxygen atoms in total. The molecule has 28 heavy (non-hydrogen) atoms. The van der Waals surface area contributed by atoms with Crippen LogP contribution in [0.2, 0.25) is 0 Å². The number of pyridine rings is 1. The molecule has 0 fully saturated rings. The fraction of sp³-hybridized carbons (Fsp3) is 0.0833. The Morgan fingerprint density at radius 3 is 2.43 bits per heavy atom. The maximum absolute atomic E-state index is 13.5. The van der Waals surface area contributed by atoms with Crippen molar-refractivity contribution in [3.05, 3.63) is 95.3 Å². The molecule has 4 heteroatoms. The normalized spacial score (nSPS) is 10.8. The third-order valence-electron chi connectivity index (χ3n) is 4.77. The molecule has 1 aromatic heterocycles. The van der Waals surface area contributed by atoms with Gasteiger partial charge in [0, 0.05) is 16.6 Å². The van der Waals surface area contributed by atoms with Crippen LogP contribution in [0.1, 0.15) is 21.5 Å². The van der Waals surface area contributed by atoms with Crippen molar-refractivity contribution in [2.45, 2.75) is 13.8 Å². The molecule has 4 aromatic rings. The minimum atomic E-state index is -0.394. The minimum Gasteiger partial charge on any atom is -0.322 e. The third kappa shape index (κ3) is 3.37. The number of aromatic nitrogens is 1. The average Bonchev–Trinajstić information content (AvgIpc) is 2.68. The molecule has 0 radical (unpaired) electrons. The first-order chi connectivity index (χ1) is 13.5. The highest BCUT2D eigenvalue weighted by Crippen LogP contribution is 2.30. The summed E-state index contributed by atoms with van der Waals surface area (Å²) in [5.74, 6) is -0.676. The highest BCUT2D eigenvalue weighted by molar-refractivity contribution is 6.14. The minimum absolute atomic E-state index is 0.282. The average molecular weight is 370 g/mol. The van der Waals surface area contributed by atoms with Gasteiger partial charge in [0.25, 0.3) is 5.91 Å². The van der Waals surface area contributed by atoms with E-state index >= 15 is 0 Å². The van der Waals surface area contributed by atoms with E-state index in [2.05, 4.69) is 5.32 Å². The third-order valence-corrected chi connectivity index (χ3v) is 4.77. The number of fused-ring (bicyclic) bond motifs is 1. The number of hydrogen-bond acceptors (Lipinski definition) is 2. The van der Waals surface area contributed by atoms with E-state index in [9.17, 15) is 9.18 Å². The van der Waals surface area contributed by atoms with Crippen molar-refractivity contribution in [2.75, 3.05) is 5.32 Å². The van der Waals surface area contributed by atoms with E-state index < -0.39 is 5.82 Å². The first-order valence-corrected chi connectivity index (χ1v) is 9.06.